The smallest absolute Gasteiger partial charge is 0.160 e. The molecule has 1 atom stereocenters. The van der Waals surface area contributed by atoms with Crippen LogP contribution in [0.25, 0.3) is 5.65 Å². The second-order valence-electron chi connectivity index (χ2n) is 5.40. The maximum atomic E-state index is 6.26. The van der Waals surface area contributed by atoms with Gasteiger partial charge in [0.1, 0.15) is 0 Å². The highest BCUT2D eigenvalue weighted by atomic mass is 35.5. The third-order valence-corrected chi connectivity index (χ3v) is 3.29. The van der Waals surface area contributed by atoms with Crippen molar-refractivity contribution in [3.63, 3.8) is 0 Å². The van der Waals surface area contributed by atoms with Crippen LogP contribution >= 0.6 is 11.6 Å². The molecule has 0 amide bonds. The summed E-state index contributed by atoms with van der Waals surface area (Å²) in [6.07, 6.45) is 1.72. The van der Waals surface area contributed by atoms with Gasteiger partial charge in [0.05, 0.1) is 11.8 Å². The lowest BCUT2D eigenvalue weighted by Gasteiger charge is -2.17. The number of nitrogens with zero attached hydrogens (tertiary/aromatic N) is 3. The number of fused-ring (bicyclic) bond motifs is 1. The van der Waals surface area contributed by atoms with Gasteiger partial charge in [0.25, 0.3) is 0 Å². The fourth-order valence-electron chi connectivity index (χ4n) is 2.01. The van der Waals surface area contributed by atoms with Crippen molar-refractivity contribution in [2.45, 2.75) is 39.2 Å². The Kier molecular flexibility index (Phi) is 3.34. The van der Waals surface area contributed by atoms with Gasteiger partial charge in [0.15, 0.2) is 10.8 Å². The highest BCUT2D eigenvalue weighted by Gasteiger charge is 2.26. The molecule has 0 unspecified atom stereocenters. The third-order valence-electron chi connectivity index (χ3n) is 3.03. The van der Waals surface area contributed by atoms with E-state index in [9.17, 15) is 0 Å². The molecule has 0 saturated carbocycles. The Balaban J connectivity index is 2.75. The quantitative estimate of drug-likeness (QED) is 0.837. The van der Waals surface area contributed by atoms with E-state index in [1.54, 1.807) is 17.8 Å². The van der Waals surface area contributed by atoms with Gasteiger partial charge in [-0.25, -0.2) is 9.50 Å². The molecule has 0 bridgehead atoms. The minimum absolute atomic E-state index is 0.0562. The van der Waals surface area contributed by atoms with Gasteiger partial charge in [-0.2, -0.15) is 5.10 Å². The summed E-state index contributed by atoms with van der Waals surface area (Å²) in [5, 5.41) is 4.89. The van der Waals surface area contributed by atoms with Crippen molar-refractivity contribution in [1.29, 1.82) is 0 Å². The van der Waals surface area contributed by atoms with Crippen molar-refractivity contribution in [2.75, 3.05) is 7.11 Å². The Morgan fingerprint density at radius 3 is 2.61 bits per heavy atom. The molecular weight excluding hydrogens is 250 g/mol. The standard InChI is InChI=1S/C13H18ClN3O/c1-8(18-5)9-6-7-15-12-10(13(2,3)4)11(14)16-17(9)12/h6-8H,1-5H3/t8-/m0/s1. The summed E-state index contributed by atoms with van der Waals surface area (Å²) in [6, 6.07) is 1.90. The molecule has 2 aromatic rings. The molecule has 2 aromatic heterocycles. The first-order valence-corrected chi connectivity index (χ1v) is 6.30. The van der Waals surface area contributed by atoms with E-state index >= 15 is 0 Å². The second-order valence-corrected chi connectivity index (χ2v) is 5.76. The first kappa shape index (κ1) is 13.3. The fraction of sp³-hybridized carbons (Fsp3) is 0.538. The van der Waals surface area contributed by atoms with E-state index in [2.05, 4.69) is 30.9 Å². The summed E-state index contributed by atoms with van der Waals surface area (Å²) in [5.74, 6) is 0. The molecule has 0 saturated heterocycles. The number of ether oxygens (including phenoxy) is 1. The first-order valence-electron chi connectivity index (χ1n) is 5.92. The SMILES string of the molecule is CO[C@@H](C)c1ccnc2c(C(C)(C)C)c(Cl)nn12. The average Bonchev–Trinajstić information content (AvgIpc) is 2.63. The highest BCUT2D eigenvalue weighted by Crippen LogP contribution is 2.33. The maximum absolute atomic E-state index is 6.26. The van der Waals surface area contributed by atoms with Crippen molar-refractivity contribution in [3.05, 3.63) is 28.7 Å². The van der Waals surface area contributed by atoms with Crippen LogP contribution in [0.4, 0.5) is 0 Å². The van der Waals surface area contributed by atoms with Crippen molar-refractivity contribution in [2.24, 2.45) is 0 Å². The van der Waals surface area contributed by atoms with Crippen LogP contribution in [0.15, 0.2) is 12.3 Å². The maximum Gasteiger partial charge on any atom is 0.160 e. The number of halogens is 1. The lowest BCUT2D eigenvalue weighted by molar-refractivity contribution is 0.114. The number of hydrogen-bond donors (Lipinski definition) is 0. The van der Waals surface area contributed by atoms with E-state index in [0.29, 0.717) is 5.15 Å². The number of hydrogen-bond acceptors (Lipinski definition) is 3. The first-order chi connectivity index (χ1) is 8.36. The molecule has 0 radical (unpaired) electrons. The topological polar surface area (TPSA) is 39.4 Å². The predicted molar refractivity (Wildman–Crippen MR) is 72.1 cm³/mol. The van der Waals surface area contributed by atoms with Crippen LogP contribution in [0.1, 0.15) is 45.1 Å². The molecule has 5 heteroatoms. The van der Waals surface area contributed by atoms with E-state index in [0.717, 1.165) is 16.9 Å². The van der Waals surface area contributed by atoms with Gasteiger partial charge in [-0.05, 0) is 18.4 Å². The molecule has 0 fully saturated rings. The Bertz CT molecular complexity index is 571. The normalized spacial score (nSPS) is 14.1. The van der Waals surface area contributed by atoms with Crippen LogP contribution in [-0.4, -0.2) is 21.7 Å². The molecule has 0 spiro atoms. The van der Waals surface area contributed by atoms with E-state index in [1.807, 2.05) is 13.0 Å². The minimum atomic E-state index is -0.0965. The van der Waals surface area contributed by atoms with Gasteiger partial charge in [-0.15, -0.1) is 0 Å². The van der Waals surface area contributed by atoms with E-state index in [-0.39, 0.29) is 11.5 Å². The van der Waals surface area contributed by atoms with Crippen LogP contribution in [-0.2, 0) is 10.2 Å². The lowest BCUT2D eigenvalue weighted by Crippen LogP contribution is -2.12. The summed E-state index contributed by atoms with van der Waals surface area (Å²) in [7, 11) is 1.67. The van der Waals surface area contributed by atoms with Crippen molar-refractivity contribution >= 4 is 17.2 Å². The van der Waals surface area contributed by atoms with Crippen LogP contribution in [0.2, 0.25) is 5.15 Å². The molecule has 0 aliphatic carbocycles. The van der Waals surface area contributed by atoms with E-state index in [1.165, 1.54) is 0 Å². The van der Waals surface area contributed by atoms with Crippen molar-refractivity contribution < 1.29 is 4.74 Å². The van der Waals surface area contributed by atoms with Gasteiger partial charge >= 0.3 is 0 Å². The van der Waals surface area contributed by atoms with Gasteiger partial charge in [0, 0.05) is 18.9 Å². The highest BCUT2D eigenvalue weighted by molar-refractivity contribution is 6.30. The summed E-state index contributed by atoms with van der Waals surface area (Å²) >= 11 is 6.26. The Labute approximate surface area is 112 Å². The van der Waals surface area contributed by atoms with E-state index < -0.39 is 0 Å². The number of methoxy groups -OCH3 is 1. The Morgan fingerprint density at radius 1 is 1.39 bits per heavy atom. The molecule has 0 aliphatic heterocycles. The monoisotopic (exact) mass is 267 g/mol. The van der Waals surface area contributed by atoms with Gasteiger partial charge in [-0.1, -0.05) is 32.4 Å². The van der Waals surface area contributed by atoms with Crippen LogP contribution < -0.4 is 0 Å². The fourth-order valence-corrected chi connectivity index (χ4v) is 2.45. The Hall–Kier alpha value is -1.13. The molecule has 98 valence electrons. The van der Waals surface area contributed by atoms with E-state index in [4.69, 9.17) is 16.3 Å². The molecule has 2 rings (SSSR count). The number of aromatic nitrogens is 3. The number of rotatable bonds is 2. The molecule has 0 N–H and O–H groups in total. The zero-order valence-corrected chi connectivity index (χ0v) is 12.1. The summed E-state index contributed by atoms with van der Waals surface area (Å²) in [6.45, 7) is 8.28. The molecule has 2 heterocycles. The Morgan fingerprint density at radius 2 is 2.06 bits per heavy atom. The molecule has 4 nitrogen and oxygen atoms in total. The zero-order valence-electron chi connectivity index (χ0n) is 11.4. The molecule has 18 heavy (non-hydrogen) atoms. The van der Waals surface area contributed by atoms with Crippen molar-refractivity contribution in [1.82, 2.24) is 14.6 Å². The lowest BCUT2D eigenvalue weighted by atomic mass is 9.89. The average molecular weight is 268 g/mol. The summed E-state index contributed by atoms with van der Waals surface area (Å²) < 4.78 is 7.12. The largest absolute Gasteiger partial charge is 0.375 e. The minimum Gasteiger partial charge on any atom is -0.375 e. The summed E-state index contributed by atoms with van der Waals surface area (Å²) in [5.41, 5.74) is 2.61. The van der Waals surface area contributed by atoms with Crippen LogP contribution in [0.3, 0.4) is 0 Å². The molecule has 0 aromatic carbocycles. The van der Waals surface area contributed by atoms with Gasteiger partial charge < -0.3 is 4.74 Å². The van der Waals surface area contributed by atoms with Crippen LogP contribution in [0, 0.1) is 0 Å². The summed E-state index contributed by atoms with van der Waals surface area (Å²) in [4.78, 5) is 4.41. The molecule has 0 aliphatic rings. The third kappa shape index (κ3) is 2.10. The molecular formula is C13H18ClN3O. The van der Waals surface area contributed by atoms with Gasteiger partial charge in [-0.3, -0.25) is 0 Å². The second kappa shape index (κ2) is 4.52. The van der Waals surface area contributed by atoms with Crippen molar-refractivity contribution in [3.8, 4) is 0 Å². The van der Waals surface area contributed by atoms with Crippen LogP contribution in [0.5, 0.6) is 0 Å². The predicted octanol–water partition coefficient (Wildman–Crippen LogP) is 3.39. The van der Waals surface area contributed by atoms with Gasteiger partial charge in [0.2, 0.25) is 0 Å². The zero-order chi connectivity index (χ0) is 13.5.